The van der Waals surface area contributed by atoms with Gasteiger partial charge < -0.3 is 23.0 Å². The number of hydroxylamine groups is 6. The van der Waals surface area contributed by atoms with Crippen LogP contribution < -0.4 is 23.7 Å². The van der Waals surface area contributed by atoms with Crippen LogP contribution in [0.1, 0.15) is 108 Å². The summed E-state index contributed by atoms with van der Waals surface area (Å²) in [4.78, 5) is 108. The van der Waals surface area contributed by atoms with Crippen LogP contribution in [0.5, 0.6) is 17.2 Å². The van der Waals surface area contributed by atoms with Crippen molar-refractivity contribution >= 4 is 97.6 Å². The Bertz CT molecular complexity index is 2520. The van der Waals surface area contributed by atoms with Crippen LogP contribution in [0.3, 0.4) is 0 Å². The third-order valence-electron chi connectivity index (χ3n) is 9.76. The minimum absolute atomic E-state index is 0.0465. The van der Waals surface area contributed by atoms with E-state index in [4.69, 9.17) is 65.0 Å². The Morgan fingerprint density at radius 1 is 0.487 bits per heavy atom. The molecule has 0 saturated carbocycles. The molecule has 0 radical (unpaired) electrons. The summed E-state index contributed by atoms with van der Waals surface area (Å²) in [6.07, 6.45) is -3.83. The molecule has 0 aliphatic carbocycles. The lowest BCUT2D eigenvalue weighted by atomic mass is 10.0. The van der Waals surface area contributed by atoms with Gasteiger partial charge in [-0.15, -0.1) is 10.1 Å². The van der Waals surface area contributed by atoms with Gasteiger partial charge in [0.1, 0.15) is 29.3 Å². The van der Waals surface area contributed by atoms with E-state index >= 15 is 0 Å². The lowest BCUT2D eigenvalue weighted by Gasteiger charge is -2.25. The maximum Gasteiger partial charge on any atom is 0.481 e. The van der Waals surface area contributed by atoms with E-state index in [1.165, 1.54) is 38.1 Å². The van der Waals surface area contributed by atoms with Gasteiger partial charge in [-0.2, -0.15) is 34.1 Å². The van der Waals surface area contributed by atoms with Gasteiger partial charge in [-0.25, -0.2) is 13.7 Å². The third kappa shape index (κ3) is 28.8. The first-order valence-corrected chi connectivity index (χ1v) is 30.8. The first-order valence-electron chi connectivity index (χ1n) is 24.3. The van der Waals surface area contributed by atoms with Gasteiger partial charge >= 0.3 is 39.7 Å². The molecule has 3 aliphatic rings. The summed E-state index contributed by atoms with van der Waals surface area (Å²) in [6, 6.07) is 22.5. The van der Waals surface area contributed by atoms with Crippen LogP contribution in [0.4, 0.5) is 0 Å². The van der Waals surface area contributed by atoms with Crippen LogP contribution in [-0.2, 0) is 80.4 Å². The predicted molar refractivity (Wildman–Crippen MR) is 285 cm³/mol. The zero-order chi connectivity index (χ0) is 61.0. The SMILES string of the molecule is CC(C)C(C)C.CC(C)OC(=O)[C@H](C)NP(=O)(Oc1ccccc1)ON1C(=O)CCC1=O.CC(C)OC(=O)[C@H](C)N[P@](=O)(Oc1ccccc1)ON1C(=O)CCC1=O.O=C1CCC(=O)N1O.O=C=O.O=P(Cl)(Cl)Oc1ccccc1. The number of carbonyl (C=O) groups excluding carboxylic acids is 10. The molecule has 0 spiro atoms. The van der Waals surface area contributed by atoms with Crippen LogP contribution in [0, 0.1) is 11.8 Å². The van der Waals surface area contributed by atoms with Gasteiger partial charge in [-0.3, -0.25) is 43.6 Å². The summed E-state index contributed by atoms with van der Waals surface area (Å²) in [6.45, 7) is 18.5. The second kappa shape index (κ2) is 35.6. The van der Waals surface area contributed by atoms with Crippen molar-refractivity contribution in [1.29, 1.82) is 0 Å². The summed E-state index contributed by atoms with van der Waals surface area (Å²) in [5, 5.41) is 14.2. The summed E-state index contributed by atoms with van der Waals surface area (Å²) >= 11 is 10.3. The molecule has 26 nitrogen and oxygen atoms in total. The van der Waals surface area contributed by atoms with Gasteiger partial charge in [0.2, 0.25) is 0 Å². The van der Waals surface area contributed by atoms with E-state index in [9.17, 15) is 52.1 Å². The molecule has 6 amide bonds. The number of rotatable bonds is 19. The molecule has 6 rings (SSSR count). The minimum Gasteiger partial charge on any atom is -0.462 e. The Kier molecular flexibility index (Phi) is 32.0. The highest BCUT2D eigenvalue weighted by Crippen LogP contribution is 2.57. The normalized spacial score (nSPS) is 16.1. The Morgan fingerprint density at radius 2 is 0.738 bits per heavy atom. The first kappa shape index (κ1) is 71.9. The van der Waals surface area contributed by atoms with Crippen LogP contribution in [-0.4, -0.2) is 98.2 Å². The van der Waals surface area contributed by atoms with Crippen LogP contribution in [0.15, 0.2) is 91.0 Å². The van der Waals surface area contributed by atoms with Gasteiger partial charge in [-0.05, 0) is 89.8 Å². The van der Waals surface area contributed by atoms with Crippen molar-refractivity contribution < 1.29 is 99.1 Å². The smallest absolute Gasteiger partial charge is 0.462 e. The molecule has 0 aromatic heterocycles. The summed E-state index contributed by atoms with van der Waals surface area (Å²) in [5.74, 6) is -2.45. The molecule has 1 unspecified atom stereocenters. The summed E-state index contributed by atoms with van der Waals surface area (Å²) in [5.41, 5.74) is 0. The predicted octanol–water partition coefficient (Wildman–Crippen LogP) is 9.26. The first-order chi connectivity index (χ1) is 37.2. The fourth-order valence-corrected chi connectivity index (χ4v) is 9.16. The van der Waals surface area contributed by atoms with Crippen LogP contribution >= 0.6 is 44.0 Å². The molecule has 3 saturated heterocycles. The Labute approximate surface area is 472 Å². The van der Waals surface area contributed by atoms with Crippen molar-refractivity contribution in [2.45, 2.75) is 132 Å². The molecule has 31 heteroatoms. The van der Waals surface area contributed by atoms with E-state index in [2.05, 4.69) is 42.4 Å². The van der Waals surface area contributed by atoms with Crippen molar-refractivity contribution in [2.24, 2.45) is 11.8 Å². The van der Waals surface area contributed by atoms with Gasteiger partial charge in [0.15, 0.2) is 0 Å². The van der Waals surface area contributed by atoms with E-state index in [-0.39, 0.29) is 73.4 Å². The second-order valence-electron chi connectivity index (χ2n) is 17.8. The maximum absolute atomic E-state index is 13.1. The van der Waals surface area contributed by atoms with E-state index < -0.39 is 81.0 Å². The zero-order valence-corrected chi connectivity index (χ0v) is 49.6. The number of amides is 6. The average molecular weight is 1220 g/mol. The number of hydrogen-bond acceptors (Lipinski definition) is 21. The van der Waals surface area contributed by atoms with Crippen molar-refractivity contribution in [3.05, 3.63) is 91.0 Å². The summed E-state index contributed by atoms with van der Waals surface area (Å²) < 4.78 is 72.6. The molecule has 3 fully saturated rings. The maximum atomic E-state index is 13.1. The third-order valence-corrected chi connectivity index (χ3v) is 13.7. The highest BCUT2D eigenvalue weighted by Gasteiger charge is 2.43. The number of halogens is 2. The van der Waals surface area contributed by atoms with Crippen molar-refractivity contribution in [1.82, 2.24) is 25.4 Å². The molecule has 4 atom stereocenters. The lowest BCUT2D eigenvalue weighted by molar-refractivity contribution is -0.192. The van der Waals surface area contributed by atoms with Crippen molar-refractivity contribution in [3.63, 3.8) is 0 Å². The van der Waals surface area contributed by atoms with E-state index in [0.717, 1.165) is 11.8 Å². The quantitative estimate of drug-likeness (QED) is 0.0435. The number of benzene rings is 3. The molecule has 3 N–H and O–H groups in total. The Hall–Kier alpha value is -6.13. The number of nitrogens with zero attached hydrogens (tertiary/aromatic N) is 3. The van der Waals surface area contributed by atoms with E-state index in [1.54, 1.807) is 94.4 Å². The highest BCUT2D eigenvalue weighted by atomic mass is 35.9. The monoisotopic (exact) mass is 1220 g/mol. The van der Waals surface area contributed by atoms with Gasteiger partial charge in [0.05, 0.1) is 12.2 Å². The topological polar surface area (TPSA) is 341 Å². The molecule has 442 valence electrons. The lowest BCUT2D eigenvalue weighted by Crippen LogP contribution is -2.39. The Balaban J connectivity index is 0.000000546. The fourth-order valence-electron chi connectivity index (χ4n) is 5.30. The average Bonchev–Trinajstić information content (AvgIpc) is 3.97. The molecule has 3 aromatic carbocycles. The molecule has 80 heavy (non-hydrogen) atoms. The number of imide groups is 3. The number of carbonyl (C=O) groups is 8. The molecule has 3 aromatic rings. The van der Waals surface area contributed by atoms with Crippen LogP contribution in [0.2, 0.25) is 0 Å². The fraction of sp³-hybridized carbons (Fsp3) is 0.449. The molecular formula is C49H66Cl2N5O21P3. The largest absolute Gasteiger partial charge is 0.481 e. The second-order valence-corrected chi connectivity index (χ2v) is 25.2. The standard InChI is InChI=1S/2C16H21N2O7P.C6H5Cl2O2P.C6H14.C4H5NO3.CO2/c2*1-11(2)23-16(21)12(3)17-26(22,24-13-7-5-4-6-8-13)25-18-14(19)9-10-15(18)20;7-11(8,9)10-6-4-2-1-3-5-6;1-5(2)6(3)4;6-3-1-2-4(7)5(3)8;2-1-3/h2*4-8,11-12H,9-10H2,1-3H3,(H,17,22);1-5H;5-6H,1-4H3;8H,1-2H2;/t12-,26?;12-,26-;;;;/m00..../s1. The zero-order valence-electron chi connectivity index (χ0n) is 45.4. The minimum atomic E-state index is -4.29. The van der Waals surface area contributed by atoms with E-state index in [1.807, 2.05) is 0 Å². The van der Waals surface area contributed by atoms with Crippen molar-refractivity contribution in [2.75, 3.05) is 0 Å². The molecular weight excluding hydrogens is 1160 g/mol. The number of hydrogen-bond donors (Lipinski definition) is 3. The van der Waals surface area contributed by atoms with Crippen LogP contribution in [0.25, 0.3) is 0 Å². The molecule has 0 bridgehead atoms. The van der Waals surface area contributed by atoms with E-state index in [0.29, 0.717) is 15.9 Å². The van der Waals surface area contributed by atoms with Gasteiger partial charge in [0.25, 0.3) is 35.4 Å². The highest BCUT2D eigenvalue weighted by molar-refractivity contribution is 8.05. The van der Waals surface area contributed by atoms with Crippen molar-refractivity contribution in [3.8, 4) is 17.2 Å². The number of esters is 2. The van der Waals surface area contributed by atoms with Gasteiger partial charge in [0, 0.05) is 61.0 Å². The summed E-state index contributed by atoms with van der Waals surface area (Å²) in [7, 11) is -8.57. The number of ether oxygens (including phenoxy) is 2. The number of para-hydroxylation sites is 3. The number of nitrogens with one attached hydrogen (secondary N) is 2. The Morgan fingerprint density at radius 3 is 0.950 bits per heavy atom. The van der Waals surface area contributed by atoms with Gasteiger partial charge in [-0.1, -0.05) is 82.3 Å². The molecule has 3 heterocycles. The molecule has 3 aliphatic heterocycles.